The largest absolute Gasteiger partial charge is 0.508 e. The van der Waals surface area contributed by atoms with Gasteiger partial charge in [0, 0.05) is 16.1 Å². The molecule has 4 heteroatoms. The Labute approximate surface area is 117 Å². The molecule has 1 saturated carbocycles. The lowest BCUT2D eigenvalue weighted by Gasteiger charge is -2.28. The van der Waals surface area contributed by atoms with Crippen molar-refractivity contribution >= 4 is 28.3 Å². The van der Waals surface area contributed by atoms with Gasteiger partial charge in [-0.2, -0.15) is 0 Å². The van der Waals surface area contributed by atoms with Crippen molar-refractivity contribution in [2.24, 2.45) is 11.7 Å². The summed E-state index contributed by atoms with van der Waals surface area (Å²) in [5.74, 6) is 0.843. The van der Waals surface area contributed by atoms with E-state index >= 15 is 0 Å². The molecule has 0 bridgehead atoms. The van der Waals surface area contributed by atoms with Crippen LogP contribution in [-0.2, 0) is 0 Å². The van der Waals surface area contributed by atoms with E-state index in [1.165, 1.54) is 32.1 Å². The zero-order valence-electron chi connectivity index (χ0n) is 9.73. The van der Waals surface area contributed by atoms with Gasteiger partial charge in [0.15, 0.2) is 0 Å². The van der Waals surface area contributed by atoms with Crippen molar-refractivity contribution in [3.8, 4) is 5.75 Å². The molecule has 0 aromatic heterocycles. The quantitative estimate of drug-likeness (QED) is 0.859. The maximum atomic E-state index is 9.84. The smallest absolute Gasteiger partial charge is 0.120 e. The topological polar surface area (TPSA) is 46.2 Å². The van der Waals surface area contributed by atoms with Gasteiger partial charge in [0.25, 0.3) is 0 Å². The van der Waals surface area contributed by atoms with Crippen molar-refractivity contribution < 1.29 is 5.11 Å². The number of rotatable bonds is 2. The molecule has 1 aliphatic carbocycles. The maximum absolute atomic E-state index is 9.84. The molecule has 3 N–H and O–H groups in total. The van der Waals surface area contributed by atoms with Crippen molar-refractivity contribution in [3.05, 3.63) is 28.2 Å². The van der Waals surface area contributed by atoms with Crippen LogP contribution in [0.2, 0.25) is 0 Å². The highest BCUT2D eigenvalue weighted by molar-refractivity contribution is 9.10. The molecule has 1 aliphatic rings. The predicted molar refractivity (Wildman–Crippen MR) is 76.6 cm³/mol. The fraction of sp³-hybridized carbons (Fsp3) is 0.538. The van der Waals surface area contributed by atoms with Gasteiger partial charge in [0.2, 0.25) is 0 Å². The third-order valence-electron chi connectivity index (χ3n) is 3.51. The van der Waals surface area contributed by atoms with Gasteiger partial charge in [-0.15, -0.1) is 12.4 Å². The number of benzene rings is 1. The van der Waals surface area contributed by atoms with Gasteiger partial charge in [-0.1, -0.05) is 35.2 Å². The molecule has 1 aromatic carbocycles. The molecular formula is C13H19BrClNO. The van der Waals surface area contributed by atoms with E-state index in [2.05, 4.69) is 15.9 Å². The van der Waals surface area contributed by atoms with E-state index in [1.807, 2.05) is 12.1 Å². The summed E-state index contributed by atoms with van der Waals surface area (Å²) in [5, 5.41) is 9.84. The molecule has 96 valence electrons. The summed E-state index contributed by atoms with van der Waals surface area (Å²) >= 11 is 3.42. The van der Waals surface area contributed by atoms with Crippen LogP contribution < -0.4 is 5.73 Å². The summed E-state index contributed by atoms with van der Waals surface area (Å²) in [6.07, 6.45) is 6.24. The molecule has 0 unspecified atom stereocenters. The molecule has 1 aromatic rings. The lowest BCUT2D eigenvalue weighted by Crippen LogP contribution is -2.23. The van der Waals surface area contributed by atoms with Crippen LogP contribution in [0, 0.1) is 5.92 Å². The molecular weight excluding hydrogens is 302 g/mol. The number of hydrogen-bond donors (Lipinski definition) is 2. The molecule has 1 atom stereocenters. The first-order chi connectivity index (χ1) is 7.68. The Kier molecular flexibility index (Phi) is 5.77. The van der Waals surface area contributed by atoms with E-state index in [1.54, 1.807) is 6.07 Å². The summed E-state index contributed by atoms with van der Waals surface area (Å²) in [5.41, 5.74) is 7.13. The van der Waals surface area contributed by atoms with E-state index < -0.39 is 0 Å². The molecule has 0 heterocycles. The first kappa shape index (κ1) is 14.8. The van der Waals surface area contributed by atoms with Crippen molar-refractivity contribution in [1.29, 1.82) is 0 Å². The summed E-state index contributed by atoms with van der Waals surface area (Å²) in [6, 6.07) is 5.46. The Hall–Kier alpha value is -0.250. The summed E-state index contributed by atoms with van der Waals surface area (Å²) in [4.78, 5) is 0. The van der Waals surface area contributed by atoms with Crippen LogP contribution >= 0.6 is 28.3 Å². The van der Waals surface area contributed by atoms with Crippen LogP contribution in [0.25, 0.3) is 0 Å². The van der Waals surface area contributed by atoms with E-state index in [9.17, 15) is 5.11 Å². The fourth-order valence-corrected chi connectivity index (χ4v) is 2.92. The molecule has 2 nitrogen and oxygen atoms in total. The SMILES string of the molecule is Cl.N[C@H](c1cc(Br)ccc1O)C1CCCCC1. The highest BCUT2D eigenvalue weighted by atomic mass is 79.9. The summed E-state index contributed by atoms with van der Waals surface area (Å²) in [6.45, 7) is 0. The molecule has 0 radical (unpaired) electrons. The van der Waals surface area contributed by atoms with Gasteiger partial charge in [0.05, 0.1) is 0 Å². The normalized spacial score (nSPS) is 18.5. The van der Waals surface area contributed by atoms with E-state index in [0.717, 1.165) is 10.0 Å². The molecule has 0 saturated heterocycles. The average Bonchev–Trinajstić information content (AvgIpc) is 2.32. The van der Waals surface area contributed by atoms with Gasteiger partial charge in [0.1, 0.15) is 5.75 Å². The van der Waals surface area contributed by atoms with Crippen LogP contribution in [0.15, 0.2) is 22.7 Å². The monoisotopic (exact) mass is 319 g/mol. The Morgan fingerprint density at radius 1 is 1.24 bits per heavy atom. The third-order valence-corrected chi connectivity index (χ3v) is 4.00. The fourth-order valence-electron chi connectivity index (χ4n) is 2.54. The molecule has 1 fully saturated rings. The molecule has 0 amide bonds. The second kappa shape index (κ2) is 6.62. The van der Waals surface area contributed by atoms with Gasteiger partial charge in [-0.3, -0.25) is 0 Å². The van der Waals surface area contributed by atoms with Gasteiger partial charge >= 0.3 is 0 Å². The van der Waals surface area contributed by atoms with Gasteiger partial charge < -0.3 is 10.8 Å². The third kappa shape index (κ3) is 3.60. The summed E-state index contributed by atoms with van der Waals surface area (Å²) in [7, 11) is 0. The minimum atomic E-state index is -0.0298. The summed E-state index contributed by atoms with van der Waals surface area (Å²) < 4.78 is 0.978. The minimum Gasteiger partial charge on any atom is -0.508 e. The Morgan fingerprint density at radius 2 is 1.88 bits per heavy atom. The van der Waals surface area contributed by atoms with Crippen LogP contribution in [-0.4, -0.2) is 5.11 Å². The molecule has 0 spiro atoms. The van der Waals surface area contributed by atoms with Crippen LogP contribution in [0.5, 0.6) is 5.75 Å². The lowest BCUT2D eigenvalue weighted by molar-refractivity contribution is 0.303. The standard InChI is InChI=1S/C13H18BrNO.ClH/c14-10-6-7-12(16)11(8-10)13(15)9-4-2-1-3-5-9;/h6-9,13,16H,1-5,15H2;1H/t13-;/m0./s1. The number of halogens is 2. The lowest BCUT2D eigenvalue weighted by atomic mass is 9.81. The second-order valence-electron chi connectivity index (χ2n) is 4.63. The predicted octanol–water partition coefficient (Wildman–Crippen LogP) is 4.16. The van der Waals surface area contributed by atoms with Crippen molar-refractivity contribution in [2.45, 2.75) is 38.1 Å². The number of phenols is 1. The highest BCUT2D eigenvalue weighted by Gasteiger charge is 2.23. The number of hydrogen-bond acceptors (Lipinski definition) is 2. The Bertz CT molecular complexity index is 366. The minimum absolute atomic E-state index is 0. The first-order valence-electron chi connectivity index (χ1n) is 5.92. The van der Waals surface area contributed by atoms with Gasteiger partial charge in [-0.25, -0.2) is 0 Å². The van der Waals surface area contributed by atoms with Crippen LogP contribution in [0.1, 0.15) is 43.7 Å². The Balaban J connectivity index is 0.00000144. The molecule has 17 heavy (non-hydrogen) atoms. The zero-order valence-corrected chi connectivity index (χ0v) is 12.1. The first-order valence-corrected chi connectivity index (χ1v) is 6.72. The van der Waals surface area contributed by atoms with Gasteiger partial charge in [-0.05, 0) is 37.0 Å². The number of nitrogens with two attached hydrogens (primary N) is 1. The second-order valence-corrected chi connectivity index (χ2v) is 5.54. The van der Waals surface area contributed by atoms with Crippen molar-refractivity contribution in [1.82, 2.24) is 0 Å². The van der Waals surface area contributed by atoms with Crippen molar-refractivity contribution in [3.63, 3.8) is 0 Å². The number of phenolic OH excluding ortho intramolecular Hbond substituents is 1. The molecule has 2 rings (SSSR count). The Morgan fingerprint density at radius 3 is 2.53 bits per heavy atom. The van der Waals surface area contributed by atoms with Crippen molar-refractivity contribution in [2.75, 3.05) is 0 Å². The molecule has 0 aliphatic heterocycles. The van der Waals surface area contributed by atoms with E-state index in [-0.39, 0.29) is 18.4 Å². The zero-order chi connectivity index (χ0) is 11.5. The maximum Gasteiger partial charge on any atom is 0.120 e. The van der Waals surface area contributed by atoms with Crippen LogP contribution in [0.4, 0.5) is 0 Å². The van der Waals surface area contributed by atoms with E-state index in [0.29, 0.717) is 11.7 Å². The average molecular weight is 321 g/mol. The van der Waals surface area contributed by atoms with E-state index in [4.69, 9.17) is 5.73 Å². The highest BCUT2D eigenvalue weighted by Crippen LogP contribution is 2.36. The number of aromatic hydroxyl groups is 1. The van der Waals surface area contributed by atoms with Crippen LogP contribution in [0.3, 0.4) is 0 Å².